The van der Waals surface area contributed by atoms with Gasteiger partial charge in [-0.25, -0.2) is 0 Å². The van der Waals surface area contributed by atoms with Crippen molar-refractivity contribution in [2.24, 2.45) is 16.8 Å². The van der Waals surface area contributed by atoms with Crippen molar-refractivity contribution in [3.63, 3.8) is 0 Å². The number of hydrogen-bond acceptors (Lipinski definition) is 2. The van der Waals surface area contributed by atoms with E-state index < -0.39 is 0 Å². The second-order valence-corrected chi connectivity index (χ2v) is 4.13. The van der Waals surface area contributed by atoms with Crippen LogP contribution in [0.25, 0.3) is 0 Å². The fourth-order valence-electron chi connectivity index (χ4n) is 1.58. The van der Waals surface area contributed by atoms with Gasteiger partial charge >= 0.3 is 0 Å². The quantitative estimate of drug-likeness (QED) is 0.384. The summed E-state index contributed by atoms with van der Waals surface area (Å²) in [7, 11) is 0. The number of thiocarbonyl (C=S) groups is 1. The summed E-state index contributed by atoms with van der Waals surface area (Å²) in [5.74, 6) is 0.831. The van der Waals surface area contributed by atoms with Crippen LogP contribution < -0.4 is 11.2 Å². The molecule has 0 aromatic heterocycles. The first-order valence-electron chi connectivity index (χ1n) is 4.79. The Bertz CT molecular complexity index is 213. The lowest BCUT2D eigenvalue weighted by molar-refractivity contribution is 0.508. The first-order valence-corrected chi connectivity index (χ1v) is 5.20. The highest BCUT2D eigenvalue weighted by Gasteiger charge is 2.11. The van der Waals surface area contributed by atoms with Gasteiger partial charge in [-0.1, -0.05) is 13.3 Å². The lowest BCUT2D eigenvalue weighted by Gasteiger charge is -2.03. The Morgan fingerprint density at radius 1 is 1.54 bits per heavy atom. The molecule has 1 fully saturated rings. The van der Waals surface area contributed by atoms with Crippen molar-refractivity contribution in [1.82, 2.24) is 5.43 Å². The van der Waals surface area contributed by atoms with E-state index in [-0.39, 0.29) is 5.11 Å². The van der Waals surface area contributed by atoms with E-state index in [1.165, 1.54) is 25.0 Å². The van der Waals surface area contributed by atoms with Gasteiger partial charge in [0.05, 0.1) is 0 Å². The van der Waals surface area contributed by atoms with Crippen LogP contribution in [-0.2, 0) is 0 Å². The van der Waals surface area contributed by atoms with E-state index in [2.05, 4.69) is 29.7 Å². The van der Waals surface area contributed by atoms with Crippen molar-refractivity contribution in [2.75, 3.05) is 0 Å². The SMILES string of the molecule is CC1CCCC(=NNC(N)=S)CC1. The standard InChI is InChI=1S/C9H17N3S/c1-7-3-2-4-8(6-5-7)11-12-9(10)13/h7H,2-6H2,1H3,(H3,10,12,13). The smallest absolute Gasteiger partial charge is 0.184 e. The van der Waals surface area contributed by atoms with Crippen LogP contribution in [0.2, 0.25) is 0 Å². The molecule has 1 aliphatic carbocycles. The number of nitrogens with one attached hydrogen (secondary N) is 1. The van der Waals surface area contributed by atoms with Crippen LogP contribution in [0.4, 0.5) is 0 Å². The summed E-state index contributed by atoms with van der Waals surface area (Å²) in [5.41, 5.74) is 9.15. The second kappa shape index (κ2) is 5.17. The molecule has 0 amide bonds. The number of hydrogen-bond donors (Lipinski definition) is 2. The van der Waals surface area contributed by atoms with Crippen LogP contribution in [0.3, 0.4) is 0 Å². The van der Waals surface area contributed by atoms with Gasteiger partial charge in [0.2, 0.25) is 0 Å². The minimum Gasteiger partial charge on any atom is -0.375 e. The fourth-order valence-corrected chi connectivity index (χ4v) is 1.63. The zero-order valence-corrected chi connectivity index (χ0v) is 8.86. The molecule has 0 saturated heterocycles. The third-order valence-corrected chi connectivity index (χ3v) is 2.50. The van der Waals surface area contributed by atoms with Crippen LogP contribution in [0.1, 0.15) is 39.0 Å². The van der Waals surface area contributed by atoms with Gasteiger partial charge < -0.3 is 5.73 Å². The molecule has 1 rings (SSSR count). The topological polar surface area (TPSA) is 50.4 Å². The Morgan fingerprint density at radius 2 is 2.31 bits per heavy atom. The van der Waals surface area contributed by atoms with E-state index in [1.54, 1.807) is 0 Å². The van der Waals surface area contributed by atoms with Crippen molar-refractivity contribution in [2.45, 2.75) is 39.0 Å². The molecule has 1 atom stereocenters. The van der Waals surface area contributed by atoms with Gasteiger partial charge in [0.1, 0.15) is 0 Å². The molecule has 0 spiro atoms. The lowest BCUT2D eigenvalue weighted by atomic mass is 10.0. The lowest BCUT2D eigenvalue weighted by Crippen LogP contribution is -2.25. The summed E-state index contributed by atoms with van der Waals surface area (Å²) >= 11 is 4.68. The van der Waals surface area contributed by atoms with E-state index in [9.17, 15) is 0 Å². The number of rotatable bonds is 1. The molecule has 1 saturated carbocycles. The van der Waals surface area contributed by atoms with Gasteiger partial charge in [-0.15, -0.1) is 0 Å². The van der Waals surface area contributed by atoms with Crippen molar-refractivity contribution < 1.29 is 0 Å². The predicted molar refractivity (Wildman–Crippen MR) is 59.6 cm³/mol. The second-order valence-electron chi connectivity index (χ2n) is 3.69. The maximum Gasteiger partial charge on any atom is 0.184 e. The Kier molecular flexibility index (Phi) is 4.15. The van der Waals surface area contributed by atoms with E-state index in [1.807, 2.05) is 0 Å². The van der Waals surface area contributed by atoms with Gasteiger partial charge in [0.25, 0.3) is 0 Å². The minimum atomic E-state index is 0.254. The van der Waals surface area contributed by atoms with Crippen LogP contribution in [0.5, 0.6) is 0 Å². The molecule has 0 radical (unpaired) electrons. The molecule has 4 heteroatoms. The molecular formula is C9H17N3S. The fraction of sp³-hybridized carbons (Fsp3) is 0.778. The van der Waals surface area contributed by atoms with Crippen molar-refractivity contribution in [3.8, 4) is 0 Å². The highest BCUT2D eigenvalue weighted by molar-refractivity contribution is 7.80. The zero-order valence-electron chi connectivity index (χ0n) is 8.05. The zero-order chi connectivity index (χ0) is 9.68. The molecule has 3 nitrogen and oxygen atoms in total. The average Bonchev–Trinajstić information content (AvgIpc) is 2.27. The van der Waals surface area contributed by atoms with Crippen LogP contribution in [0, 0.1) is 5.92 Å². The molecule has 3 N–H and O–H groups in total. The summed E-state index contributed by atoms with van der Waals surface area (Å²) < 4.78 is 0. The Hall–Kier alpha value is -0.640. The first kappa shape index (κ1) is 10.4. The van der Waals surface area contributed by atoms with Crippen LogP contribution in [-0.4, -0.2) is 10.8 Å². The third-order valence-electron chi connectivity index (χ3n) is 2.41. The molecule has 0 bridgehead atoms. The third kappa shape index (κ3) is 4.22. The largest absolute Gasteiger partial charge is 0.375 e. The Morgan fingerprint density at radius 3 is 3.00 bits per heavy atom. The van der Waals surface area contributed by atoms with Gasteiger partial charge in [-0.3, -0.25) is 5.43 Å². The molecule has 13 heavy (non-hydrogen) atoms. The summed E-state index contributed by atoms with van der Waals surface area (Å²) in [6.07, 6.45) is 5.94. The number of hydrazone groups is 1. The normalized spacial score (nSPS) is 26.8. The molecule has 1 unspecified atom stereocenters. The van der Waals surface area contributed by atoms with E-state index >= 15 is 0 Å². The monoisotopic (exact) mass is 199 g/mol. The van der Waals surface area contributed by atoms with Gasteiger partial charge in [-0.05, 0) is 43.8 Å². The van der Waals surface area contributed by atoms with Gasteiger partial charge in [-0.2, -0.15) is 5.10 Å². The van der Waals surface area contributed by atoms with Crippen LogP contribution >= 0.6 is 12.2 Å². The van der Waals surface area contributed by atoms with Crippen molar-refractivity contribution in [1.29, 1.82) is 0 Å². The predicted octanol–water partition coefficient (Wildman–Crippen LogP) is 1.78. The molecule has 0 heterocycles. The van der Waals surface area contributed by atoms with E-state index in [0.717, 1.165) is 18.8 Å². The van der Waals surface area contributed by atoms with Gasteiger partial charge in [0.15, 0.2) is 5.11 Å². The van der Waals surface area contributed by atoms with Crippen molar-refractivity contribution in [3.05, 3.63) is 0 Å². The Balaban J connectivity index is 2.41. The Labute approximate surface area is 84.8 Å². The number of nitrogens with zero attached hydrogens (tertiary/aromatic N) is 1. The van der Waals surface area contributed by atoms with Gasteiger partial charge in [0, 0.05) is 5.71 Å². The van der Waals surface area contributed by atoms with E-state index in [0.29, 0.717) is 0 Å². The maximum atomic E-state index is 5.29. The molecular weight excluding hydrogens is 182 g/mol. The van der Waals surface area contributed by atoms with Crippen molar-refractivity contribution >= 4 is 23.0 Å². The average molecular weight is 199 g/mol. The molecule has 1 aliphatic rings. The summed E-state index contributed by atoms with van der Waals surface area (Å²) in [5, 5.41) is 4.43. The summed E-state index contributed by atoms with van der Waals surface area (Å²) in [6, 6.07) is 0. The number of nitrogens with two attached hydrogens (primary N) is 1. The molecule has 0 aromatic rings. The maximum absolute atomic E-state index is 5.29. The molecule has 74 valence electrons. The first-order chi connectivity index (χ1) is 6.18. The van der Waals surface area contributed by atoms with Crippen LogP contribution in [0.15, 0.2) is 5.10 Å². The minimum absolute atomic E-state index is 0.254. The highest BCUT2D eigenvalue weighted by atomic mass is 32.1. The summed E-state index contributed by atoms with van der Waals surface area (Å²) in [6.45, 7) is 2.30. The molecule has 0 aromatic carbocycles. The van der Waals surface area contributed by atoms with E-state index in [4.69, 9.17) is 5.73 Å². The highest BCUT2D eigenvalue weighted by Crippen LogP contribution is 2.20. The summed E-state index contributed by atoms with van der Waals surface area (Å²) in [4.78, 5) is 0. The molecule has 0 aliphatic heterocycles.